The largest absolute Gasteiger partial charge is 0.120 e. The minimum Gasteiger partial charge on any atom is -0.120 e. The van der Waals surface area contributed by atoms with E-state index in [4.69, 9.17) is 6.42 Å². The molecule has 0 aromatic rings. The van der Waals surface area contributed by atoms with E-state index in [1.807, 2.05) is 0 Å². The Labute approximate surface area is 58.7 Å². The highest BCUT2D eigenvalue weighted by Gasteiger charge is 2.14. The highest BCUT2D eigenvalue weighted by molar-refractivity contribution is 5.00. The van der Waals surface area contributed by atoms with Crippen molar-refractivity contribution in [3.8, 4) is 12.3 Å². The molecule has 0 unspecified atom stereocenters. The number of terminal acetylenes is 1. The summed E-state index contributed by atoms with van der Waals surface area (Å²) in [6, 6.07) is 0. The zero-order valence-corrected chi connectivity index (χ0v) is 6.86. The van der Waals surface area contributed by atoms with Crippen LogP contribution in [0.3, 0.4) is 0 Å². The Balaban J connectivity index is 3.76. The van der Waals surface area contributed by atoms with Crippen LogP contribution < -0.4 is 0 Å². The van der Waals surface area contributed by atoms with Gasteiger partial charge in [-0.3, -0.25) is 0 Å². The molecule has 0 fully saturated rings. The summed E-state index contributed by atoms with van der Waals surface area (Å²) in [5, 5.41) is 0. The molecule has 0 nitrogen and oxygen atoms in total. The van der Waals surface area contributed by atoms with Crippen LogP contribution in [-0.2, 0) is 0 Å². The molecule has 52 valence electrons. The average molecular weight is 124 g/mol. The molecule has 0 heteroatoms. The molecule has 0 spiro atoms. The summed E-state index contributed by atoms with van der Waals surface area (Å²) in [6.45, 7) is 8.60. The van der Waals surface area contributed by atoms with Gasteiger partial charge in [0, 0.05) is 5.41 Å². The molecule has 0 aliphatic carbocycles. The van der Waals surface area contributed by atoms with E-state index in [2.05, 4.69) is 33.6 Å². The summed E-state index contributed by atoms with van der Waals surface area (Å²) in [6.07, 6.45) is 6.42. The van der Waals surface area contributed by atoms with Gasteiger partial charge in [-0.15, -0.1) is 12.3 Å². The van der Waals surface area contributed by atoms with E-state index >= 15 is 0 Å². The van der Waals surface area contributed by atoms with Gasteiger partial charge in [-0.05, 0) is 26.2 Å². The van der Waals surface area contributed by atoms with Gasteiger partial charge < -0.3 is 0 Å². The Morgan fingerprint density at radius 2 is 1.89 bits per heavy atom. The second-order valence-electron chi connectivity index (χ2n) is 3.63. The van der Waals surface area contributed by atoms with Crippen molar-refractivity contribution in [3.05, 3.63) is 0 Å². The van der Waals surface area contributed by atoms with Gasteiger partial charge >= 0.3 is 0 Å². The lowest BCUT2D eigenvalue weighted by molar-refractivity contribution is 0.382. The maximum atomic E-state index is 5.30. The first-order valence-electron chi connectivity index (χ1n) is 3.46. The lowest BCUT2D eigenvalue weighted by Crippen LogP contribution is -2.10. The third kappa shape index (κ3) is 4.09. The monoisotopic (exact) mass is 124 g/mol. The van der Waals surface area contributed by atoms with Gasteiger partial charge in [-0.2, -0.15) is 0 Å². The lowest BCUT2D eigenvalue weighted by Gasteiger charge is -2.19. The van der Waals surface area contributed by atoms with Crippen LogP contribution in [0.4, 0.5) is 0 Å². The average Bonchev–Trinajstić information content (AvgIpc) is 1.63. The SMILES string of the molecule is C#CC(C)(C)CC(C)C. The summed E-state index contributed by atoms with van der Waals surface area (Å²) in [5.74, 6) is 3.48. The van der Waals surface area contributed by atoms with Gasteiger partial charge in [0.05, 0.1) is 0 Å². The maximum absolute atomic E-state index is 5.30. The quantitative estimate of drug-likeness (QED) is 0.496. The Hall–Kier alpha value is -0.440. The van der Waals surface area contributed by atoms with Gasteiger partial charge in [0.15, 0.2) is 0 Å². The van der Waals surface area contributed by atoms with Crippen molar-refractivity contribution >= 4 is 0 Å². The van der Waals surface area contributed by atoms with Gasteiger partial charge in [0.25, 0.3) is 0 Å². The zero-order chi connectivity index (χ0) is 7.49. The first kappa shape index (κ1) is 8.56. The third-order valence-electron chi connectivity index (χ3n) is 1.31. The van der Waals surface area contributed by atoms with Crippen LogP contribution in [0.5, 0.6) is 0 Å². The molecule has 0 radical (unpaired) electrons. The van der Waals surface area contributed by atoms with Crippen LogP contribution in [0.15, 0.2) is 0 Å². The number of hydrogen-bond donors (Lipinski definition) is 0. The van der Waals surface area contributed by atoms with Gasteiger partial charge in [-0.1, -0.05) is 13.8 Å². The van der Waals surface area contributed by atoms with Crippen LogP contribution in [0, 0.1) is 23.7 Å². The highest BCUT2D eigenvalue weighted by atomic mass is 14.2. The third-order valence-corrected chi connectivity index (χ3v) is 1.31. The summed E-state index contributed by atoms with van der Waals surface area (Å²) in [4.78, 5) is 0. The van der Waals surface area contributed by atoms with E-state index in [1.165, 1.54) is 0 Å². The smallest absolute Gasteiger partial charge is 0.0258 e. The maximum Gasteiger partial charge on any atom is 0.0258 e. The number of hydrogen-bond acceptors (Lipinski definition) is 0. The van der Waals surface area contributed by atoms with Crippen molar-refractivity contribution in [1.82, 2.24) is 0 Å². The fourth-order valence-electron chi connectivity index (χ4n) is 1.08. The molecule has 9 heavy (non-hydrogen) atoms. The van der Waals surface area contributed by atoms with E-state index in [1.54, 1.807) is 0 Å². The van der Waals surface area contributed by atoms with E-state index in [0.717, 1.165) is 6.42 Å². The summed E-state index contributed by atoms with van der Waals surface area (Å²) < 4.78 is 0. The molecule has 0 saturated heterocycles. The molecule has 0 bridgehead atoms. The molecule has 0 amide bonds. The van der Waals surface area contributed by atoms with E-state index in [-0.39, 0.29) is 5.41 Å². The van der Waals surface area contributed by atoms with Gasteiger partial charge in [-0.25, -0.2) is 0 Å². The van der Waals surface area contributed by atoms with Crippen molar-refractivity contribution in [2.24, 2.45) is 11.3 Å². The summed E-state index contributed by atoms with van der Waals surface area (Å²) >= 11 is 0. The van der Waals surface area contributed by atoms with Crippen molar-refractivity contribution in [3.63, 3.8) is 0 Å². The molecule has 0 N–H and O–H groups in total. The van der Waals surface area contributed by atoms with Crippen molar-refractivity contribution in [2.75, 3.05) is 0 Å². The fourth-order valence-corrected chi connectivity index (χ4v) is 1.08. The summed E-state index contributed by atoms with van der Waals surface area (Å²) in [7, 11) is 0. The first-order valence-corrected chi connectivity index (χ1v) is 3.46. The Morgan fingerprint density at radius 1 is 1.44 bits per heavy atom. The van der Waals surface area contributed by atoms with Crippen LogP contribution in [0.25, 0.3) is 0 Å². The molecular formula is C9H16. The van der Waals surface area contributed by atoms with Crippen LogP contribution in [-0.4, -0.2) is 0 Å². The summed E-state index contributed by atoms with van der Waals surface area (Å²) in [5.41, 5.74) is 0.0914. The molecule has 0 saturated carbocycles. The standard InChI is InChI=1S/C9H16/c1-6-9(4,5)7-8(2)3/h1,8H,7H2,2-5H3. The number of rotatable bonds is 2. The molecule has 0 aliphatic heterocycles. The topological polar surface area (TPSA) is 0 Å². The minimum absolute atomic E-state index is 0.0914. The van der Waals surface area contributed by atoms with E-state index < -0.39 is 0 Å². The highest BCUT2D eigenvalue weighted by Crippen LogP contribution is 2.23. The predicted molar refractivity (Wildman–Crippen MR) is 42.1 cm³/mol. The van der Waals surface area contributed by atoms with Crippen LogP contribution >= 0.6 is 0 Å². The molecule has 0 atom stereocenters. The van der Waals surface area contributed by atoms with Crippen LogP contribution in [0.2, 0.25) is 0 Å². The normalized spacial score (nSPS) is 11.6. The van der Waals surface area contributed by atoms with Crippen molar-refractivity contribution < 1.29 is 0 Å². The Bertz CT molecular complexity index is 112. The molecule has 0 aliphatic rings. The molecule has 0 rings (SSSR count). The van der Waals surface area contributed by atoms with Crippen LogP contribution in [0.1, 0.15) is 34.1 Å². The minimum atomic E-state index is 0.0914. The van der Waals surface area contributed by atoms with Crippen molar-refractivity contribution in [1.29, 1.82) is 0 Å². The molecule has 0 aromatic carbocycles. The zero-order valence-electron chi connectivity index (χ0n) is 6.86. The second-order valence-corrected chi connectivity index (χ2v) is 3.63. The van der Waals surface area contributed by atoms with E-state index in [0.29, 0.717) is 5.92 Å². The molecular weight excluding hydrogens is 108 g/mol. The fraction of sp³-hybridized carbons (Fsp3) is 0.778. The van der Waals surface area contributed by atoms with Crippen molar-refractivity contribution in [2.45, 2.75) is 34.1 Å². The van der Waals surface area contributed by atoms with Gasteiger partial charge in [0.1, 0.15) is 0 Å². The Morgan fingerprint density at radius 3 is 2.00 bits per heavy atom. The van der Waals surface area contributed by atoms with Gasteiger partial charge in [0.2, 0.25) is 0 Å². The second kappa shape index (κ2) is 2.92. The van der Waals surface area contributed by atoms with E-state index in [9.17, 15) is 0 Å². The predicted octanol–water partition coefficient (Wildman–Crippen LogP) is 2.69. The first-order chi connectivity index (χ1) is 3.98. The Kier molecular flexibility index (Phi) is 2.77. The molecule has 0 heterocycles. The molecule has 0 aromatic heterocycles. The lowest BCUT2D eigenvalue weighted by atomic mass is 9.85.